The highest BCUT2D eigenvalue weighted by molar-refractivity contribution is 7.99. The number of amides is 1. The van der Waals surface area contributed by atoms with E-state index in [4.69, 9.17) is 4.74 Å². The average molecular weight is 325 g/mol. The normalized spacial score (nSPS) is 17.4. The number of hydrogen-bond donors (Lipinski definition) is 1. The zero-order chi connectivity index (χ0) is 15.1. The van der Waals surface area contributed by atoms with Crippen LogP contribution in [-0.4, -0.2) is 42.4 Å². The summed E-state index contributed by atoms with van der Waals surface area (Å²) >= 11 is 3.66. The van der Waals surface area contributed by atoms with Crippen molar-refractivity contribution in [3.05, 3.63) is 29.8 Å². The number of ether oxygens (including phenoxy) is 1. The maximum absolute atomic E-state index is 12.5. The Morgan fingerprint density at radius 2 is 2.10 bits per heavy atom. The Labute approximate surface area is 135 Å². The zero-order valence-electron chi connectivity index (χ0n) is 12.7. The molecular formula is C16H23NO2S2. The monoisotopic (exact) mass is 325 g/mol. The van der Waals surface area contributed by atoms with Gasteiger partial charge in [-0.05, 0) is 42.2 Å². The molecule has 1 aliphatic rings. The quantitative estimate of drug-likeness (QED) is 0.813. The lowest BCUT2D eigenvalue weighted by Crippen LogP contribution is -2.46. The van der Waals surface area contributed by atoms with Gasteiger partial charge in [0.15, 0.2) is 0 Å². The van der Waals surface area contributed by atoms with Crippen molar-refractivity contribution in [2.24, 2.45) is 0 Å². The van der Waals surface area contributed by atoms with Gasteiger partial charge in [-0.1, -0.05) is 19.1 Å². The summed E-state index contributed by atoms with van der Waals surface area (Å²) in [5.41, 5.74) is 0.578. The number of nitrogens with one attached hydrogen (secondary N) is 1. The van der Waals surface area contributed by atoms with Crippen molar-refractivity contribution in [3.8, 4) is 0 Å². The molecular weight excluding hydrogens is 302 g/mol. The standard InChI is InChI=1S/C16H23NO2S2/c1-3-21-14-7-5-4-6-13(14)15(18)17-12-16(19-2)8-10-20-11-9-16/h4-7H,3,8-12H2,1-2H3,(H,17,18). The summed E-state index contributed by atoms with van der Waals surface area (Å²) in [4.78, 5) is 13.5. The first-order valence-electron chi connectivity index (χ1n) is 7.34. The second-order valence-corrected chi connectivity index (χ2v) is 7.64. The zero-order valence-corrected chi connectivity index (χ0v) is 14.3. The number of methoxy groups -OCH3 is 1. The molecule has 1 aliphatic heterocycles. The van der Waals surface area contributed by atoms with E-state index in [0.29, 0.717) is 6.54 Å². The van der Waals surface area contributed by atoms with Crippen LogP contribution < -0.4 is 5.32 Å². The molecule has 1 aromatic carbocycles. The highest BCUT2D eigenvalue weighted by Crippen LogP contribution is 2.29. The molecule has 116 valence electrons. The van der Waals surface area contributed by atoms with E-state index in [1.54, 1.807) is 18.9 Å². The minimum Gasteiger partial charge on any atom is -0.376 e. The van der Waals surface area contributed by atoms with E-state index < -0.39 is 0 Å². The molecule has 0 saturated carbocycles. The summed E-state index contributed by atoms with van der Waals surface area (Å²) in [5.74, 6) is 3.17. The fourth-order valence-corrected chi connectivity index (χ4v) is 4.51. The van der Waals surface area contributed by atoms with E-state index >= 15 is 0 Å². The molecule has 1 aromatic rings. The molecule has 0 aliphatic carbocycles. The molecule has 1 fully saturated rings. The van der Waals surface area contributed by atoms with Crippen LogP contribution in [0.25, 0.3) is 0 Å². The average Bonchev–Trinajstić information content (AvgIpc) is 2.54. The largest absolute Gasteiger partial charge is 0.376 e. The van der Waals surface area contributed by atoms with E-state index in [1.165, 1.54) is 0 Å². The van der Waals surface area contributed by atoms with Crippen LogP contribution in [0.4, 0.5) is 0 Å². The summed E-state index contributed by atoms with van der Waals surface area (Å²) < 4.78 is 5.71. The van der Waals surface area contributed by atoms with Crippen LogP contribution in [0.3, 0.4) is 0 Å². The molecule has 21 heavy (non-hydrogen) atoms. The van der Waals surface area contributed by atoms with Crippen LogP contribution in [0, 0.1) is 0 Å². The third-order valence-electron chi connectivity index (χ3n) is 3.84. The maximum atomic E-state index is 12.5. The van der Waals surface area contributed by atoms with Gasteiger partial charge in [0.2, 0.25) is 0 Å². The van der Waals surface area contributed by atoms with E-state index in [-0.39, 0.29) is 11.5 Å². The molecule has 1 heterocycles. The summed E-state index contributed by atoms with van der Waals surface area (Å²) in [7, 11) is 1.75. The fourth-order valence-electron chi connectivity index (χ4n) is 2.47. The van der Waals surface area contributed by atoms with Crippen LogP contribution in [0.15, 0.2) is 29.2 Å². The molecule has 0 atom stereocenters. The first-order valence-corrected chi connectivity index (χ1v) is 9.48. The summed E-state index contributed by atoms with van der Waals surface area (Å²) in [5, 5.41) is 3.07. The third kappa shape index (κ3) is 4.41. The Hall–Kier alpha value is -0.650. The molecule has 1 N–H and O–H groups in total. The Morgan fingerprint density at radius 1 is 1.38 bits per heavy atom. The van der Waals surface area contributed by atoms with Gasteiger partial charge in [0.1, 0.15) is 0 Å². The minimum atomic E-state index is -0.187. The minimum absolute atomic E-state index is 0.00111. The van der Waals surface area contributed by atoms with Crippen molar-refractivity contribution in [2.45, 2.75) is 30.3 Å². The highest BCUT2D eigenvalue weighted by Gasteiger charge is 2.32. The molecule has 0 aromatic heterocycles. The maximum Gasteiger partial charge on any atom is 0.252 e. The first kappa shape index (κ1) is 16.7. The topological polar surface area (TPSA) is 38.3 Å². The molecule has 1 saturated heterocycles. The lowest BCUT2D eigenvalue weighted by atomic mass is 9.96. The van der Waals surface area contributed by atoms with Crippen molar-refractivity contribution in [1.29, 1.82) is 0 Å². The molecule has 1 amide bonds. The summed E-state index contributed by atoms with van der Waals surface area (Å²) in [6.45, 7) is 2.69. The molecule has 5 heteroatoms. The lowest BCUT2D eigenvalue weighted by Gasteiger charge is -2.35. The van der Waals surface area contributed by atoms with Gasteiger partial charge in [-0.3, -0.25) is 4.79 Å². The molecule has 2 rings (SSSR count). The van der Waals surface area contributed by atoms with Crippen LogP contribution in [0.5, 0.6) is 0 Å². The van der Waals surface area contributed by atoms with Gasteiger partial charge in [-0.15, -0.1) is 11.8 Å². The Kier molecular flexibility index (Phi) is 6.45. The highest BCUT2D eigenvalue weighted by atomic mass is 32.2. The van der Waals surface area contributed by atoms with Crippen LogP contribution in [0.2, 0.25) is 0 Å². The van der Waals surface area contributed by atoms with E-state index in [1.807, 2.05) is 36.0 Å². The van der Waals surface area contributed by atoms with Crippen LogP contribution in [-0.2, 0) is 4.74 Å². The molecule has 0 bridgehead atoms. The van der Waals surface area contributed by atoms with Gasteiger partial charge in [-0.2, -0.15) is 11.8 Å². The van der Waals surface area contributed by atoms with E-state index in [0.717, 1.165) is 40.6 Å². The number of benzene rings is 1. The Balaban J connectivity index is 2.01. The van der Waals surface area contributed by atoms with Crippen molar-refractivity contribution >= 4 is 29.4 Å². The van der Waals surface area contributed by atoms with Gasteiger partial charge < -0.3 is 10.1 Å². The van der Waals surface area contributed by atoms with Crippen molar-refractivity contribution in [3.63, 3.8) is 0 Å². The van der Waals surface area contributed by atoms with Crippen molar-refractivity contribution in [2.75, 3.05) is 30.9 Å². The fraction of sp³-hybridized carbons (Fsp3) is 0.562. The molecule has 3 nitrogen and oxygen atoms in total. The number of rotatable bonds is 6. The number of carbonyl (C=O) groups is 1. The number of carbonyl (C=O) groups excluding carboxylic acids is 1. The Bertz CT molecular complexity index is 473. The van der Waals surface area contributed by atoms with E-state index in [9.17, 15) is 4.79 Å². The van der Waals surface area contributed by atoms with Crippen LogP contribution in [0.1, 0.15) is 30.1 Å². The van der Waals surface area contributed by atoms with Gasteiger partial charge >= 0.3 is 0 Å². The predicted molar refractivity (Wildman–Crippen MR) is 91.5 cm³/mol. The van der Waals surface area contributed by atoms with Crippen molar-refractivity contribution < 1.29 is 9.53 Å². The molecule has 0 spiro atoms. The first-order chi connectivity index (χ1) is 10.2. The predicted octanol–water partition coefficient (Wildman–Crippen LogP) is 3.44. The smallest absolute Gasteiger partial charge is 0.252 e. The second kappa shape index (κ2) is 8.11. The lowest BCUT2D eigenvalue weighted by molar-refractivity contribution is -0.0149. The van der Waals surface area contributed by atoms with Gasteiger partial charge in [-0.25, -0.2) is 0 Å². The van der Waals surface area contributed by atoms with Crippen LogP contribution >= 0.6 is 23.5 Å². The van der Waals surface area contributed by atoms with E-state index in [2.05, 4.69) is 12.2 Å². The SMILES string of the molecule is CCSc1ccccc1C(=O)NCC1(OC)CCSCC1. The third-order valence-corrected chi connectivity index (χ3v) is 5.78. The van der Waals surface area contributed by atoms with Crippen molar-refractivity contribution in [1.82, 2.24) is 5.32 Å². The summed E-state index contributed by atoms with van der Waals surface area (Å²) in [6, 6.07) is 7.79. The summed E-state index contributed by atoms with van der Waals surface area (Å²) in [6.07, 6.45) is 2.00. The Morgan fingerprint density at radius 3 is 2.76 bits per heavy atom. The van der Waals surface area contributed by atoms with Gasteiger partial charge in [0.25, 0.3) is 5.91 Å². The number of hydrogen-bond acceptors (Lipinski definition) is 4. The van der Waals surface area contributed by atoms with Gasteiger partial charge in [0, 0.05) is 18.6 Å². The number of thioether (sulfide) groups is 2. The second-order valence-electron chi connectivity index (χ2n) is 5.11. The molecule has 0 radical (unpaired) electrons. The van der Waals surface area contributed by atoms with Gasteiger partial charge in [0.05, 0.1) is 11.2 Å². The molecule has 0 unspecified atom stereocenters.